The van der Waals surface area contributed by atoms with Crippen LogP contribution in [0.2, 0.25) is 0 Å². The molecule has 0 aliphatic carbocycles. The lowest BCUT2D eigenvalue weighted by Crippen LogP contribution is -2.42. The van der Waals surface area contributed by atoms with Gasteiger partial charge in [-0.2, -0.15) is 0 Å². The minimum absolute atomic E-state index is 0.130. The summed E-state index contributed by atoms with van der Waals surface area (Å²) in [7, 11) is -3.20. The van der Waals surface area contributed by atoms with E-state index in [0.29, 0.717) is 19.4 Å². The summed E-state index contributed by atoms with van der Waals surface area (Å²) in [5.41, 5.74) is 0. The van der Waals surface area contributed by atoms with E-state index in [0.717, 1.165) is 12.8 Å². The van der Waals surface area contributed by atoms with Gasteiger partial charge in [0.05, 0.1) is 11.7 Å². The summed E-state index contributed by atoms with van der Waals surface area (Å²) in [5, 5.41) is 8.98. The number of carboxylic acid groups (broad SMARTS) is 1. The maximum atomic E-state index is 11.7. The summed E-state index contributed by atoms with van der Waals surface area (Å²) in [6.07, 6.45) is 2.80. The average molecular weight is 249 g/mol. The highest BCUT2D eigenvalue weighted by atomic mass is 32.2. The van der Waals surface area contributed by atoms with E-state index in [1.807, 2.05) is 6.92 Å². The summed E-state index contributed by atoms with van der Waals surface area (Å²) in [6, 6.07) is 0. The predicted octanol–water partition coefficient (Wildman–Crippen LogP) is 0.913. The highest BCUT2D eigenvalue weighted by molar-refractivity contribution is 7.89. The maximum Gasteiger partial charge on any atom is 0.307 e. The Morgan fingerprint density at radius 3 is 2.62 bits per heavy atom. The molecule has 0 aromatic heterocycles. The van der Waals surface area contributed by atoms with Crippen molar-refractivity contribution in [2.24, 2.45) is 5.92 Å². The second-order valence-corrected chi connectivity index (χ2v) is 6.29. The van der Waals surface area contributed by atoms with E-state index in [2.05, 4.69) is 0 Å². The van der Waals surface area contributed by atoms with Crippen LogP contribution >= 0.6 is 0 Å². The molecule has 5 nitrogen and oxygen atoms in total. The van der Waals surface area contributed by atoms with Gasteiger partial charge >= 0.3 is 5.97 Å². The molecule has 1 N–H and O–H groups in total. The van der Waals surface area contributed by atoms with E-state index >= 15 is 0 Å². The Balaban J connectivity index is 2.66. The molecule has 0 aromatic rings. The molecule has 1 aliphatic rings. The van der Waals surface area contributed by atoms with Crippen LogP contribution in [0.4, 0.5) is 0 Å². The first-order valence-electron chi connectivity index (χ1n) is 5.68. The average Bonchev–Trinajstić information content (AvgIpc) is 2.19. The van der Waals surface area contributed by atoms with Gasteiger partial charge in [-0.3, -0.25) is 4.79 Å². The minimum Gasteiger partial charge on any atom is -0.481 e. The third-order valence-corrected chi connectivity index (χ3v) is 4.79. The molecular weight excluding hydrogens is 230 g/mol. The molecule has 6 heteroatoms. The number of carbonyl (C=O) groups is 1. The van der Waals surface area contributed by atoms with Gasteiger partial charge in [0, 0.05) is 13.1 Å². The Morgan fingerprint density at radius 1 is 1.44 bits per heavy atom. The number of aliphatic carboxylic acids is 1. The highest BCUT2D eigenvalue weighted by Gasteiger charge is 2.30. The normalized spacial score (nSPS) is 22.8. The summed E-state index contributed by atoms with van der Waals surface area (Å²) in [6.45, 7) is 2.50. The Kier molecular flexibility index (Phi) is 4.73. The van der Waals surface area contributed by atoms with Gasteiger partial charge in [-0.15, -0.1) is 0 Å². The highest BCUT2D eigenvalue weighted by Crippen LogP contribution is 2.17. The van der Waals surface area contributed by atoms with Crippen LogP contribution in [-0.2, 0) is 14.8 Å². The Bertz CT molecular complexity index is 339. The van der Waals surface area contributed by atoms with Crippen molar-refractivity contribution in [2.75, 3.05) is 18.8 Å². The van der Waals surface area contributed by atoms with Gasteiger partial charge < -0.3 is 5.11 Å². The largest absolute Gasteiger partial charge is 0.481 e. The van der Waals surface area contributed by atoms with Gasteiger partial charge in [-0.25, -0.2) is 12.7 Å². The molecule has 0 saturated carbocycles. The van der Waals surface area contributed by atoms with E-state index in [1.54, 1.807) is 0 Å². The second kappa shape index (κ2) is 5.63. The van der Waals surface area contributed by atoms with Crippen LogP contribution in [0.15, 0.2) is 0 Å². The Hall–Kier alpha value is -0.620. The number of rotatable bonds is 5. The quantitative estimate of drug-likeness (QED) is 0.786. The van der Waals surface area contributed by atoms with Gasteiger partial charge in [0.2, 0.25) is 10.0 Å². The first-order chi connectivity index (χ1) is 7.47. The van der Waals surface area contributed by atoms with Gasteiger partial charge in [0.15, 0.2) is 0 Å². The van der Waals surface area contributed by atoms with Crippen molar-refractivity contribution in [2.45, 2.75) is 32.6 Å². The van der Waals surface area contributed by atoms with E-state index in [1.165, 1.54) is 4.31 Å². The predicted molar refractivity (Wildman–Crippen MR) is 60.6 cm³/mol. The Morgan fingerprint density at radius 2 is 2.12 bits per heavy atom. The van der Waals surface area contributed by atoms with Crippen molar-refractivity contribution in [1.82, 2.24) is 4.31 Å². The van der Waals surface area contributed by atoms with Crippen molar-refractivity contribution in [3.63, 3.8) is 0 Å². The van der Waals surface area contributed by atoms with E-state index in [-0.39, 0.29) is 12.3 Å². The van der Waals surface area contributed by atoms with Gasteiger partial charge in [0.1, 0.15) is 0 Å². The molecule has 1 rings (SSSR count). The zero-order chi connectivity index (χ0) is 12.2. The summed E-state index contributed by atoms with van der Waals surface area (Å²) < 4.78 is 24.7. The van der Waals surface area contributed by atoms with Crippen molar-refractivity contribution < 1.29 is 18.3 Å². The maximum absolute atomic E-state index is 11.7. The standard InChI is InChI=1S/C10H19NO4S/c1-2-5-9(10(12)13)8-11-6-3-4-7-16(11,14)15/h9H,2-8H2,1H3,(H,12,13). The fraction of sp³-hybridized carbons (Fsp3) is 0.900. The van der Waals surface area contributed by atoms with Crippen molar-refractivity contribution >= 4 is 16.0 Å². The molecular formula is C10H19NO4S. The van der Waals surface area contributed by atoms with Gasteiger partial charge in [0.25, 0.3) is 0 Å². The molecule has 1 heterocycles. The Labute approximate surface area is 96.5 Å². The van der Waals surface area contributed by atoms with Crippen LogP contribution in [0.3, 0.4) is 0 Å². The molecule has 1 aliphatic heterocycles. The van der Waals surface area contributed by atoms with Gasteiger partial charge in [-0.1, -0.05) is 13.3 Å². The molecule has 0 spiro atoms. The number of hydrogen-bond donors (Lipinski definition) is 1. The van der Waals surface area contributed by atoms with Crippen LogP contribution in [-0.4, -0.2) is 42.6 Å². The first-order valence-corrected chi connectivity index (χ1v) is 7.29. The molecule has 0 amide bonds. The molecule has 1 saturated heterocycles. The summed E-state index contributed by atoms with van der Waals surface area (Å²) >= 11 is 0. The van der Waals surface area contributed by atoms with Crippen LogP contribution in [0, 0.1) is 5.92 Å². The monoisotopic (exact) mass is 249 g/mol. The molecule has 0 radical (unpaired) electrons. The zero-order valence-electron chi connectivity index (χ0n) is 9.55. The van der Waals surface area contributed by atoms with Crippen molar-refractivity contribution in [1.29, 1.82) is 0 Å². The summed E-state index contributed by atoms with van der Waals surface area (Å²) in [4.78, 5) is 11.0. The lowest BCUT2D eigenvalue weighted by molar-refractivity contribution is -0.142. The molecule has 0 bridgehead atoms. The third-order valence-electron chi connectivity index (χ3n) is 2.86. The van der Waals surface area contributed by atoms with Crippen molar-refractivity contribution in [3.05, 3.63) is 0 Å². The van der Waals surface area contributed by atoms with Gasteiger partial charge in [-0.05, 0) is 19.3 Å². The molecule has 0 aromatic carbocycles. The molecule has 16 heavy (non-hydrogen) atoms. The number of nitrogens with zero attached hydrogens (tertiary/aromatic N) is 1. The van der Waals surface area contributed by atoms with Crippen LogP contribution in [0.5, 0.6) is 0 Å². The fourth-order valence-electron chi connectivity index (χ4n) is 1.93. The first kappa shape index (κ1) is 13.4. The molecule has 1 fully saturated rings. The topological polar surface area (TPSA) is 74.7 Å². The van der Waals surface area contributed by atoms with Crippen LogP contribution < -0.4 is 0 Å². The van der Waals surface area contributed by atoms with Crippen LogP contribution in [0.25, 0.3) is 0 Å². The molecule has 1 atom stereocenters. The number of hydrogen-bond acceptors (Lipinski definition) is 3. The van der Waals surface area contributed by atoms with Crippen molar-refractivity contribution in [3.8, 4) is 0 Å². The minimum atomic E-state index is -3.20. The lowest BCUT2D eigenvalue weighted by Gasteiger charge is -2.28. The molecule has 94 valence electrons. The third kappa shape index (κ3) is 3.45. The lowest BCUT2D eigenvalue weighted by atomic mass is 10.0. The second-order valence-electron chi connectivity index (χ2n) is 4.20. The van der Waals surface area contributed by atoms with E-state index in [9.17, 15) is 13.2 Å². The van der Waals surface area contributed by atoms with E-state index in [4.69, 9.17) is 5.11 Å². The zero-order valence-corrected chi connectivity index (χ0v) is 10.4. The molecule has 1 unspecified atom stereocenters. The van der Waals surface area contributed by atoms with Crippen LogP contribution in [0.1, 0.15) is 32.6 Å². The SMILES string of the molecule is CCCC(CN1CCCCS1(=O)=O)C(=O)O. The number of sulfonamides is 1. The fourth-order valence-corrected chi connectivity index (χ4v) is 3.57. The summed E-state index contributed by atoms with van der Waals surface area (Å²) in [5.74, 6) is -1.31. The smallest absolute Gasteiger partial charge is 0.307 e. The number of carboxylic acids is 1. The van der Waals surface area contributed by atoms with E-state index < -0.39 is 21.9 Å².